The van der Waals surface area contributed by atoms with Gasteiger partial charge in [-0.1, -0.05) is 52.2 Å². The average Bonchev–Trinajstić information content (AvgIpc) is 3.06. The van der Waals surface area contributed by atoms with Gasteiger partial charge in [-0.15, -0.1) is 6.42 Å². The van der Waals surface area contributed by atoms with Crippen molar-refractivity contribution in [2.24, 2.45) is 51.2 Å². The highest BCUT2D eigenvalue weighted by Crippen LogP contribution is 2.74. The summed E-state index contributed by atoms with van der Waals surface area (Å²) in [6, 6.07) is 0. The van der Waals surface area contributed by atoms with Crippen LogP contribution in [0, 0.1) is 63.6 Å². The van der Waals surface area contributed by atoms with Crippen molar-refractivity contribution in [1.29, 1.82) is 0 Å². The van der Waals surface area contributed by atoms with Gasteiger partial charge in [0.25, 0.3) is 0 Å². The van der Waals surface area contributed by atoms with E-state index in [4.69, 9.17) is 11.2 Å². The van der Waals surface area contributed by atoms with E-state index in [0.29, 0.717) is 41.6 Å². The quantitative estimate of drug-likeness (QED) is 0.201. The van der Waals surface area contributed by atoms with Gasteiger partial charge in [-0.05, 0) is 124 Å². The fourth-order valence-corrected chi connectivity index (χ4v) is 11.5. The van der Waals surface area contributed by atoms with Gasteiger partial charge in [0.1, 0.15) is 0 Å². The molecule has 1 amide bonds. The Morgan fingerprint density at radius 1 is 1.02 bits per heavy atom. The van der Waals surface area contributed by atoms with Gasteiger partial charge in [0, 0.05) is 17.4 Å². The summed E-state index contributed by atoms with van der Waals surface area (Å²) in [5, 5.41) is 6.58. The highest BCUT2D eigenvalue weighted by atomic mass is 16.5. The Morgan fingerprint density at radius 3 is 2.52 bits per heavy atom. The summed E-state index contributed by atoms with van der Waals surface area (Å²) in [4.78, 5) is 24.8. The standard InChI is InChI=1S/C37H58N2O3/c1-9-22-38-30(40)13-14-31(41)42-24-37-19-15-25(2)26(3)32(37)27-11-12-29-34(6)17-10-23-39-33(4,5)28(34)16-18-36(29,8)35(27,7)20-21-37/h1,11,25-26,28-29,32,39H,10,12-24H2,2-8H3,(H,38,40)/t25-,26+,28+,29-,32+,34+,35-,36-,37-/m1/s1. The predicted molar refractivity (Wildman–Crippen MR) is 169 cm³/mol. The molecule has 1 heterocycles. The van der Waals surface area contributed by atoms with Crippen molar-refractivity contribution < 1.29 is 14.3 Å². The molecule has 0 aromatic carbocycles. The van der Waals surface area contributed by atoms with E-state index in [1.807, 2.05) is 0 Å². The zero-order valence-corrected chi connectivity index (χ0v) is 27.7. The van der Waals surface area contributed by atoms with Crippen molar-refractivity contribution in [2.45, 2.75) is 125 Å². The van der Waals surface area contributed by atoms with Crippen LogP contribution < -0.4 is 10.6 Å². The Kier molecular flexibility index (Phi) is 8.49. The van der Waals surface area contributed by atoms with Crippen LogP contribution in [0.1, 0.15) is 119 Å². The van der Waals surface area contributed by atoms with Crippen molar-refractivity contribution in [3.63, 3.8) is 0 Å². The van der Waals surface area contributed by atoms with Crippen LogP contribution in [0.25, 0.3) is 0 Å². The van der Waals surface area contributed by atoms with Crippen molar-refractivity contribution in [3.8, 4) is 12.3 Å². The molecule has 0 bridgehead atoms. The summed E-state index contributed by atoms with van der Waals surface area (Å²) in [6.07, 6.45) is 19.2. The maximum atomic E-state index is 12.9. The third-order valence-electron chi connectivity index (χ3n) is 14.2. The van der Waals surface area contributed by atoms with Crippen molar-refractivity contribution in [3.05, 3.63) is 11.6 Å². The second-order valence-corrected chi connectivity index (χ2v) is 16.4. The zero-order chi connectivity index (χ0) is 30.6. The highest BCUT2D eigenvalue weighted by Gasteiger charge is 2.67. The molecule has 5 rings (SSSR count). The average molecular weight is 579 g/mol. The molecule has 5 nitrogen and oxygen atoms in total. The summed E-state index contributed by atoms with van der Waals surface area (Å²) in [7, 11) is 0. The predicted octanol–water partition coefficient (Wildman–Crippen LogP) is 7.06. The molecule has 0 spiro atoms. The first kappa shape index (κ1) is 31.6. The van der Waals surface area contributed by atoms with Gasteiger partial charge in [-0.25, -0.2) is 0 Å². The highest BCUT2D eigenvalue weighted by molar-refractivity contribution is 5.81. The lowest BCUT2D eigenvalue weighted by atomic mass is 9.35. The Hall–Kier alpha value is -1.80. The first-order valence-corrected chi connectivity index (χ1v) is 17.1. The molecule has 234 valence electrons. The van der Waals surface area contributed by atoms with Crippen LogP contribution in [0.2, 0.25) is 0 Å². The van der Waals surface area contributed by atoms with Gasteiger partial charge in [0.15, 0.2) is 0 Å². The molecule has 5 heteroatoms. The van der Waals surface area contributed by atoms with E-state index in [1.54, 1.807) is 5.57 Å². The van der Waals surface area contributed by atoms with E-state index in [0.717, 1.165) is 19.4 Å². The fourth-order valence-electron chi connectivity index (χ4n) is 11.5. The number of esters is 1. The molecule has 3 saturated carbocycles. The normalized spacial score (nSPS) is 44.0. The summed E-state index contributed by atoms with van der Waals surface area (Å²) >= 11 is 0. The van der Waals surface area contributed by atoms with Crippen LogP contribution in [0.15, 0.2) is 11.6 Å². The van der Waals surface area contributed by atoms with Gasteiger partial charge >= 0.3 is 5.97 Å². The molecular formula is C37H58N2O3. The number of carbonyl (C=O) groups excluding carboxylic acids is 2. The smallest absolute Gasteiger partial charge is 0.306 e. The van der Waals surface area contributed by atoms with Crippen LogP contribution in [0.3, 0.4) is 0 Å². The number of terminal acetylenes is 1. The molecule has 42 heavy (non-hydrogen) atoms. The van der Waals surface area contributed by atoms with Crippen molar-refractivity contribution >= 4 is 11.9 Å². The van der Waals surface area contributed by atoms with Gasteiger partial charge < -0.3 is 15.4 Å². The number of rotatable bonds is 6. The minimum Gasteiger partial charge on any atom is -0.465 e. The van der Waals surface area contributed by atoms with Crippen molar-refractivity contribution in [2.75, 3.05) is 19.7 Å². The number of amides is 1. The molecule has 0 unspecified atom stereocenters. The molecule has 1 saturated heterocycles. The van der Waals surface area contributed by atoms with E-state index in [2.05, 4.69) is 71.1 Å². The van der Waals surface area contributed by atoms with E-state index in [9.17, 15) is 9.59 Å². The SMILES string of the molecule is C#CCNC(=O)CCC(=O)OC[C@]12CC[C@@H](C)[C@H](C)[C@H]1C1=CC[C@@H]3[C@@]4(C)CCCNC(C)(C)[C@@H]4CC[C@@]3(C)[C@]1(C)CC2. The van der Waals surface area contributed by atoms with Gasteiger partial charge in [-0.2, -0.15) is 0 Å². The lowest BCUT2D eigenvalue weighted by Crippen LogP contribution is -2.64. The van der Waals surface area contributed by atoms with E-state index in [1.165, 1.54) is 44.9 Å². The van der Waals surface area contributed by atoms with Crippen LogP contribution in [0.4, 0.5) is 0 Å². The Balaban J connectivity index is 1.42. The molecule has 4 aliphatic carbocycles. The molecule has 0 radical (unpaired) electrons. The lowest BCUT2D eigenvalue weighted by Gasteiger charge is -2.70. The third-order valence-corrected chi connectivity index (χ3v) is 14.2. The number of allylic oxidation sites excluding steroid dienone is 2. The van der Waals surface area contributed by atoms with Crippen molar-refractivity contribution in [1.82, 2.24) is 10.6 Å². The molecule has 0 aromatic rings. The minimum absolute atomic E-state index is 0.00279. The first-order valence-electron chi connectivity index (χ1n) is 17.1. The number of ether oxygens (including phenoxy) is 1. The van der Waals surface area contributed by atoms with Gasteiger partial charge in [-0.3, -0.25) is 9.59 Å². The van der Waals surface area contributed by atoms with Gasteiger partial charge in [0.2, 0.25) is 5.91 Å². The molecule has 9 atom stereocenters. The van der Waals surface area contributed by atoms with Crippen LogP contribution >= 0.6 is 0 Å². The monoisotopic (exact) mass is 578 g/mol. The molecule has 2 N–H and O–H groups in total. The number of nitrogens with one attached hydrogen (secondary N) is 2. The summed E-state index contributed by atoms with van der Waals surface area (Å²) in [6.45, 7) is 19.6. The molecule has 1 aliphatic heterocycles. The van der Waals surface area contributed by atoms with E-state index >= 15 is 0 Å². The lowest BCUT2D eigenvalue weighted by molar-refractivity contribution is -0.172. The van der Waals surface area contributed by atoms with Crippen LogP contribution in [-0.2, 0) is 14.3 Å². The Labute approximate surface area is 256 Å². The van der Waals surface area contributed by atoms with Crippen LogP contribution in [-0.4, -0.2) is 37.1 Å². The summed E-state index contributed by atoms with van der Waals surface area (Å²) in [5.74, 6) is 5.01. The maximum absolute atomic E-state index is 12.9. The summed E-state index contributed by atoms with van der Waals surface area (Å²) in [5.41, 5.74) is 2.66. The second-order valence-electron chi connectivity index (χ2n) is 16.4. The van der Waals surface area contributed by atoms with Crippen LogP contribution in [0.5, 0.6) is 0 Å². The van der Waals surface area contributed by atoms with E-state index < -0.39 is 0 Å². The number of fused-ring (bicyclic) bond motifs is 7. The topological polar surface area (TPSA) is 67.4 Å². The molecule has 4 fully saturated rings. The molecule has 5 aliphatic rings. The number of hydrogen-bond acceptors (Lipinski definition) is 4. The fraction of sp³-hybridized carbons (Fsp3) is 0.838. The Bertz CT molecular complexity index is 1140. The first-order chi connectivity index (χ1) is 19.7. The third kappa shape index (κ3) is 4.96. The maximum Gasteiger partial charge on any atom is 0.306 e. The number of carbonyl (C=O) groups is 2. The molecule has 0 aromatic heterocycles. The number of hydrogen-bond donors (Lipinski definition) is 2. The second kappa shape index (κ2) is 11.3. The zero-order valence-electron chi connectivity index (χ0n) is 27.7. The Morgan fingerprint density at radius 2 is 1.79 bits per heavy atom. The minimum atomic E-state index is -0.265. The summed E-state index contributed by atoms with van der Waals surface area (Å²) < 4.78 is 6.05. The molecular weight excluding hydrogens is 520 g/mol. The van der Waals surface area contributed by atoms with Gasteiger partial charge in [0.05, 0.1) is 19.6 Å². The largest absolute Gasteiger partial charge is 0.465 e. The van der Waals surface area contributed by atoms with E-state index in [-0.39, 0.29) is 53.0 Å².